The lowest BCUT2D eigenvalue weighted by atomic mass is 10.1. The number of rotatable bonds is 6. The Bertz CT molecular complexity index is 391. The van der Waals surface area contributed by atoms with E-state index in [1.807, 2.05) is 28.5 Å². The first-order valence-corrected chi connectivity index (χ1v) is 9.32. The smallest absolute Gasteiger partial charge is 0.226 e. The molecule has 1 aliphatic heterocycles. The molecule has 7 heteroatoms. The van der Waals surface area contributed by atoms with Gasteiger partial charge in [-0.3, -0.25) is 4.79 Å². The third kappa shape index (κ3) is 4.78. The molecule has 1 aromatic heterocycles. The summed E-state index contributed by atoms with van der Waals surface area (Å²) in [5.74, 6) is 1.34. The summed E-state index contributed by atoms with van der Waals surface area (Å²) >= 11 is 1.42. The molecule has 1 saturated heterocycles. The van der Waals surface area contributed by atoms with Gasteiger partial charge in [-0.25, -0.2) is 0 Å². The predicted molar refractivity (Wildman–Crippen MR) is 80.2 cm³/mol. The molecular formula is C11H17N3OS3. The van der Waals surface area contributed by atoms with E-state index in [4.69, 9.17) is 0 Å². The number of carbonyl (C=O) groups excluding carboxylic acids is 1. The molecule has 2 heterocycles. The molecule has 1 atom stereocenters. The molecule has 0 bridgehead atoms. The molecule has 1 aromatic rings. The highest BCUT2D eigenvalue weighted by atomic mass is 33.1. The number of unbranched alkanes of at least 4 members (excludes halogenated alkanes) is 1. The fourth-order valence-electron chi connectivity index (χ4n) is 1.75. The van der Waals surface area contributed by atoms with Crippen molar-refractivity contribution in [2.75, 3.05) is 11.1 Å². The normalized spacial score (nSPS) is 19.1. The molecule has 0 unspecified atom stereocenters. The van der Waals surface area contributed by atoms with Crippen molar-refractivity contribution in [2.45, 2.75) is 44.3 Å². The fourth-order valence-corrected chi connectivity index (χ4v) is 5.39. The Morgan fingerprint density at radius 2 is 2.33 bits per heavy atom. The van der Waals surface area contributed by atoms with Gasteiger partial charge in [0.25, 0.3) is 0 Å². The summed E-state index contributed by atoms with van der Waals surface area (Å²) < 4.78 is 0. The van der Waals surface area contributed by atoms with Crippen molar-refractivity contribution in [3.63, 3.8) is 0 Å². The summed E-state index contributed by atoms with van der Waals surface area (Å²) in [4.78, 5) is 11.6. The van der Waals surface area contributed by atoms with E-state index >= 15 is 0 Å². The summed E-state index contributed by atoms with van der Waals surface area (Å²) in [6.07, 6.45) is 5.25. The van der Waals surface area contributed by atoms with E-state index in [2.05, 4.69) is 15.5 Å². The van der Waals surface area contributed by atoms with Crippen LogP contribution in [0.1, 0.15) is 37.1 Å². The van der Waals surface area contributed by atoms with Gasteiger partial charge in [0.1, 0.15) is 5.01 Å². The molecule has 1 amide bonds. The Balaban J connectivity index is 1.57. The van der Waals surface area contributed by atoms with Crippen molar-refractivity contribution in [2.24, 2.45) is 0 Å². The zero-order valence-corrected chi connectivity index (χ0v) is 12.8. The van der Waals surface area contributed by atoms with Crippen molar-refractivity contribution < 1.29 is 4.79 Å². The van der Waals surface area contributed by atoms with Crippen LogP contribution in [0.3, 0.4) is 0 Å². The standard InChI is InChI=1S/C11H17N3OS3/c1-8-13-14-11(17-8)12-10(15)5-3-2-4-9-6-7-16-18-9/h9H,2-7H2,1H3,(H,12,14,15)/t9-/m1/s1. The van der Waals surface area contributed by atoms with E-state index < -0.39 is 0 Å². The molecular weight excluding hydrogens is 286 g/mol. The van der Waals surface area contributed by atoms with Crippen LogP contribution in [0.4, 0.5) is 5.13 Å². The van der Waals surface area contributed by atoms with Gasteiger partial charge in [-0.15, -0.1) is 10.2 Å². The average Bonchev–Trinajstić information content (AvgIpc) is 2.96. The number of hydrogen-bond donors (Lipinski definition) is 1. The molecule has 0 saturated carbocycles. The number of nitrogens with one attached hydrogen (secondary N) is 1. The lowest BCUT2D eigenvalue weighted by Gasteiger charge is -2.06. The Labute approximate surface area is 119 Å². The minimum Gasteiger partial charge on any atom is -0.301 e. The van der Waals surface area contributed by atoms with Gasteiger partial charge >= 0.3 is 0 Å². The van der Waals surface area contributed by atoms with Gasteiger partial charge in [0.05, 0.1) is 0 Å². The van der Waals surface area contributed by atoms with E-state index in [1.54, 1.807) is 0 Å². The minimum absolute atomic E-state index is 0.0552. The van der Waals surface area contributed by atoms with Crippen LogP contribution in [0.15, 0.2) is 0 Å². The van der Waals surface area contributed by atoms with Crippen LogP contribution in [0, 0.1) is 6.92 Å². The summed E-state index contributed by atoms with van der Waals surface area (Å²) in [6.45, 7) is 1.88. The van der Waals surface area contributed by atoms with Crippen LogP contribution in [-0.2, 0) is 4.79 Å². The van der Waals surface area contributed by atoms with E-state index in [-0.39, 0.29) is 5.91 Å². The Morgan fingerprint density at radius 1 is 1.44 bits per heavy atom. The first-order chi connectivity index (χ1) is 8.74. The second kappa shape index (κ2) is 7.35. The molecule has 100 valence electrons. The summed E-state index contributed by atoms with van der Waals surface area (Å²) in [5.41, 5.74) is 0. The molecule has 2 rings (SSSR count). The van der Waals surface area contributed by atoms with Gasteiger partial charge in [0.15, 0.2) is 0 Å². The maximum atomic E-state index is 11.6. The monoisotopic (exact) mass is 303 g/mol. The summed E-state index contributed by atoms with van der Waals surface area (Å²) in [5, 5.41) is 12.8. The van der Waals surface area contributed by atoms with E-state index in [0.29, 0.717) is 11.6 Å². The maximum Gasteiger partial charge on any atom is 0.226 e. The second-order valence-corrected chi connectivity index (χ2v) is 8.22. The highest BCUT2D eigenvalue weighted by molar-refractivity contribution is 8.77. The zero-order chi connectivity index (χ0) is 12.8. The molecule has 0 radical (unpaired) electrons. The lowest BCUT2D eigenvalue weighted by molar-refractivity contribution is -0.116. The quantitative estimate of drug-likeness (QED) is 0.644. The van der Waals surface area contributed by atoms with Gasteiger partial charge in [-0.05, 0) is 26.2 Å². The summed E-state index contributed by atoms with van der Waals surface area (Å²) in [7, 11) is 3.98. The van der Waals surface area contributed by atoms with Gasteiger partial charge < -0.3 is 5.32 Å². The third-order valence-corrected chi connectivity index (χ3v) is 6.44. The minimum atomic E-state index is 0.0552. The van der Waals surface area contributed by atoms with Crippen molar-refractivity contribution >= 4 is 44.0 Å². The van der Waals surface area contributed by atoms with Gasteiger partial charge in [0, 0.05) is 17.4 Å². The van der Waals surface area contributed by atoms with E-state index in [9.17, 15) is 4.79 Å². The molecule has 1 aliphatic rings. The topological polar surface area (TPSA) is 54.9 Å². The maximum absolute atomic E-state index is 11.6. The van der Waals surface area contributed by atoms with Gasteiger partial charge in [0.2, 0.25) is 11.0 Å². The Kier molecular flexibility index (Phi) is 5.78. The highest BCUT2D eigenvalue weighted by Crippen LogP contribution is 2.39. The number of aromatic nitrogens is 2. The average molecular weight is 303 g/mol. The first kappa shape index (κ1) is 14.1. The van der Waals surface area contributed by atoms with E-state index in [1.165, 1.54) is 29.9 Å². The number of anilines is 1. The summed E-state index contributed by atoms with van der Waals surface area (Å²) in [6, 6.07) is 0. The molecule has 18 heavy (non-hydrogen) atoms. The van der Waals surface area contributed by atoms with Crippen LogP contribution in [0.25, 0.3) is 0 Å². The van der Waals surface area contributed by atoms with Gasteiger partial charge in [-0.1, -0.05) is 39.3 Å². The van der Waals surface area contributed by atoms with Gasteiger partial charge in [-0.2, -0.15) is 0 Å². The Morgan fingerprint density at radius 3 is 3.00 bits per heavy atom. The third-order valence-electron chi connectivity index (χ3n) is 2.68. The lowest BCUT2D eigenvalue weighted by Crippen LogP contribution is -2.11. The van der Waals surface area contributed by atoms with Crippen molar-refractivity contribution in [3.8, 4) is 0 Å². The molecule has 1 fully saturated rings. The molecule has 0 aliphatic carbocycles. The SMILES string of the molecule is Cc1nnc(NC(=O)CCCC[C@@H]2CCSS2)s1. The number of carbonyl (C=O) groups is 1. The van der Waals surface area contributed by atoms with Crippen molar-refractivity contribution in [1.29, 1.82) is 0 Å². The first-order valence-electron chi connectivity index (χ1n) is 6.12. The van der Waals surface area contributed by atoms with Crippen LogP contribution in [0.5, 0.6) is 0 Å². The van der Waals surface area contributed by atoms with Crippen molar-refractivity contribution in [1.82, 2.24) is 10.2 Å². The predicted octanol–water partition coefficient (Wildman–Crippen LogP) is 3.50. The van der Waals surface area contributed by atoms with Crippen LogP contribution < -0.4 is 5.32 Å². The fraction of sp³-hybridized carbons (Fsp3) is 0.727. The zero-order valence-electron chi connectivity index (χ0n) is 10.3. The molecule has 4 nitrogen and oxygen atoms in total. The van der Waals surface area contributed by atoms with E-state index in [0.717, 1.165) is 23.1 Å². The number of aryl methyl sites for hydroxylation is 1. The second-order valence-electron chi connectivity index (χ2n) is 4.25. The van der Waals surface area contributed by atoms with Crippen molar-refractivity contribution in [3.05, 3.63) is 5.01 Å². The molecule has 1 N–H and O–H groups in total. The van der Waals surface area contributed by atoms with Crippen LogP contribution in [-0.4, -0.2) is 27.1 Å². The largest absolute Gasteiger partial charge is 0.301 e. The number of amides is 1. The number of hydrogen-bond acceptors (Lipinski definition) is 6. The Hall–Kier alpha value is -0.270. The van der Waals surface area contributed by atoms with Crippen LogP contribution in [0.2, 0.25) is 0 Å². The molecule has 0 aromatic carbocycles. The number of nitrogens with zero attached hydrogens (tertiary/aromatic N) is 2. The molecule has 0 spiro atoms. The van der Waals surface area contributed by atoms with Crippen LogP contribution >= 0.6 is 32.9 Å². The highest BCUT2D eigenvalue weighted by Gasteiger charge is 2.15.